The summed E-state index contributed by atoms with van der Waals surface area (Å²) in [5.74, 6) is -0.604. The third-order valence-corrected chi connectivity index (χ3v) is 2.63. The lowest BCUT2D eigenvalue weighted by Gasteiger charge is -2.23. The van der Waals surface area contributed by atoms with E-state index in [0.29, 0.717) is 0 Å². The molecule has 1 atom stereocenters. The van der Waals surface area contributed by atoms with Gasteiger partial charge in [-0.15, -0.1) is 0 Å². The van der Waals surface area contributed by atoms with Crippen LogP contribution in [0.4, 0.5) is 13.2 Å². The van der Waals surface area contributed by atoms with E-state index in [9.17, 15) is 23.1 Å². The van der Waals surface area contributed by atoms with E-state index in [1.165, 1.54) is 6.92 Å². The Kier molecular flexibility index (Phi) is 4.57. The summed E-state index contributed by atoms with van der Waals surface area (Å²) in [6.45, 7) is 3.17. The fraction of sp³-hybridized carbons (Fsp3) is 0.462. The SMILES string of the molecule is CCOC(=O)C[C@](C)(O)c1ccc(C(F)(F)F)cc1. The maximum absolute atomic E-state index is 12.4. The van der Waals surface area contributed by atoms with Crippen molar-refractivity contribution in [2.45, 2.75) is 32.0 Å². The Balaban J connectivity index is 2.87. The Bertz CT molecular complexity index is 435. The molecule has 0 saturated heterocycles. The van der Waals surface area contributed by atoms with Crippen LogP contribution in [0.25, 0.3) is 0 Å². The normalized spacial score (nSPS) is 14.8. The number of hydrogen-bond donors (Lipinski definition) is 1. The second-order valence-corrected chi connectivity index (χ2v) is 4.33. The van der Waals surface area contributed by atoms with Crippen LogP contribution >= 0.6 is 0 Å². The molecule has 0 aromatic heterocycles. The van der Waals surface area contributed by atoms with E-state index in [1.807, 2.05) is 0 Å². The Morgan fingerprint density at radius 2 is 1.68 bits per heavy atom. The molecule has 0 bridgehead atoms. The summed E-state index contributed by atoms with van der Waals surface area (Å²) >= 11 is 0. The lowest BCUT2D eigenvalue weighted by molar-refractivity contribution is -0.148. The minimum Gasteiger partial charge on any atom is -0.466 e. The summed E-state index contributed by atoms with van der Waals surface area (Å²) in [4.78, 5) is 11.3. The molecule has 0 fully saturated rings. The first-order valence-electron chi connectivity index (χ1n) is 5.72. The maximum Gasteiger partial charge on any atom is 0.416 e. The molecule has 0 saturated carbocycles. The summed E-state index contributed by atoms with van der Waals surface area (Å²) in [5.41, 5.74) is -2.13. The highest BCUT2D eigenvalue weighted by atomic mass is 19.4. The zero-order valence-electron chi connectivity index (χ0n) is 10.6. The second-order valence-electron chi connectivity index (χ2n) is 4.33. The number of alkyl halides is 3. The predicted octanol–water partition coefficient (Wildman–Crippen LogP) is 2.87. The van der Waals surface area contributed by atoms with E-state index < -0.39 is 23.3 Å². The van der Waals surface area contributed by atoms with Gasteiger partial charge < -0.3 is 9.84 Å². The van der Waals surface area contributed by atoms with Crippen molar-refractivity contribution in [3.8, 4) is 0 Å². The fourth-order valence-corrected chi connectivity index (χ4v) is 1.61. The maximum atomic E-state index is 12.4. The highest BCUT2D eigenvalue weighted by molar-refractivity contribution is 5.71. The van der Waals surface area contributed by atoms with Crippen molar-refractivity contribution in [1.82, 2.24) is 0 Å². The quantitative estimate of drug-likeness (QED) is 0.860. The number of halogens is 3. The third kappa shape index (κ3) is 4.24. The van der Waals surface area contributed by atoms with Gasteiger partial charge in [0.05, 0.1) is 24.2 Å². The van der Waals surface area contributed by atoms with Gasteiger partial charge in [-0.2, -0.15) is 13.2 Å². The van der Waals surface area contributed by atoms with Crippen LogP contribution in [0, 0.1) is 0 Å². The van der Waals surface area contributed by atoms with Crippen molar-refractivity contribution in [2.24, 2.45) is 0 Å². The van der Waals surface area contributed by atoms with E-state index in [4.69, 9.17) is 4.74 Å². The van der Waals surface area contributed by atoms with Gasteiger partial charge >= 0.3 is 12.1 Å². The van der Waals surface area contributed by atoms with Crippen LogP contribution < -0.4 is 0 Å². The van der Waals surface area contributed by atoms with E-state index in [-0.39, 0.29) is 18.6 Å². The van der Waals surface area contributed by atoms with Crippen LogP contribution in [0.1, 0.15) is 31.4 Å². The Labute approximate surface area is 109 Å². The highest BCUT2D eigenvalue weighted by Crippen LogP contribution is 2.31. The van der Waals surface area contributed by atoms with Crippen LogP contribution in [0.2, 0.25) is 0 Å². The first kappa shape index (κ1) is 15.5. The molecule has 1 rings (SSSR count). The molecule has 1 aromatic rings. The molecule has 106 valence electrons. The standard InChI is InChI=1S/C13H15F3O3/c1-3-19-11(17)8-12(2,18)9-4-6-10(7-5-9)13(14,15)16/h4-7,18H,3,8H2,1-2H3/t12-/m0/s1. The van der Waals surface area contributed by atoms with E-state index >= 15 is 0 Å². The van der Waals surface area contributed by atoms with Gasteiger partial charge in [-0.05, 0) is 31.5 Å². The third-order valence-electron chi connectivity index (χ3n) is 2.63. The number of carbonyl (C=O) groups is 1. The minimum atomic E-state index is -4.43. The second kappa shape index (κ2) is 5.61. The van der Waals surface area contributed by atoms with Gasteiger partial charge in [-0.1, -0.05) is 12.1 Å². The van der Waals surface area contributed by atoms with Crippen molar-refractivity contribution >= 4 is 5.97 Å². The summed E-state index contributed by atoms with van der Waals surface area (Å²) in [6.07, 6.45) is -4.74. The van der Waals surface area contributed by atoms with Gasteiger partial charge in [0, 0.05) is 0 Å². The number of aliphatic hydroxyl groups is 1. The molecule has 6 heteroatoms. The molecule has 0 heterocycles. The average Bonchev–Trinajstić information content (AvgIpc) is 2.27. The van der Waals surface area contributed by atoms with Crippen molar-refractivity contribution in [2.75, 3.05) is 6.61 Å². The van der Waals surface area contributed by atoms with Gasteiger partial charge in [-0.3, -0.25) is 4.79 Å². The zero-order valence-corrected chi connectivity index (χ0v) is 10.6. The average molecular weight is 276 g/mol. The molecular weight excluding hydrogens is 261 g/mol. The molecule has 0 aliphatic heterocycles. The van der Waals surface area contributed by atoms with Crippen LogP contribution in [-0.4, -0.2) is 17.7 Å². The monoisotopic (exact) mass is 276 g/mol. The van der Waals surface area contributed by atoms with Crippen LogP contribution in [0.15, 0.2) is 24.3 Å². The summed E-state index contributed by atoms with van der Waals surface area (Å²) in [5, 5.41) is 10.1. The van der Waals surface area contributed by atoms with Crippen molar-refractivity contribution in [3.63, 3.8) is 0 Å². The number of esters is 1. The number of hydrogen-bond acceptors (Lipinski definition) is 3. The number of rotatable bonds is 4. The van der Waals surface area contributed by atoms with Gasteiger partial charge in [0.1, 0.15) is 0 Å². The number of carbonyl (C=O) groups excluding carboxylic acids is 1. The molecule has 1 N–H and O–H groups in total. The number of benzene rings is 1. The smallest absolute Gasteiger partial charge is 0.416 e. The molecule has 0 aliphatic rings. The van der Waals surface area contributed by atoms with Crippen molar-refractivity contribution in [3.05, 3.63) is 35.4 Å². The Morgan fingerprint density at radius 1 is 1.21 bits per heavy atom. The van der Waals surface area contributed by atoms with E-state index in [0.717, 1.165) is 24.3 Å². The first-order valence-corrected chi connectivity index (χ1v) is 5.72. The first-order chi connectivity index (χ1) is 8.66. The van der Waals surface area contributed by atoms with Crippen LogP contribution in [-0.2, 0) is 21.3 Å². The lowest BCUT2D eigenvalue weighted by Crippen LogP contribution is -2.26. The summed E-state index contributed by atoms with van der Waals surface area (Å²) < 4.78 is 41.9. The van der Waals surface area contributed by atoms with E-state index in [2.05, 4.69) is 0 Å². The summed E-state index contributed by atoms with van der Waals surface area (Å²) in [6, 6.07) is 4.05. The van der Waals surface area contributed by atoms with Crippen LogP contribution in [0.5, 0.6) is 0 Å². The minimum absolute atomic E-state index is 0.182. The van der Waals surface area contributed by atoms with Gasteiger partial charge in [-0.25, -0.2) is 0 Å². The van der Waals surface area contributed by atoms with Crippen molar-refractivity contribution in [1.29, 1.82) is 0 Å². The van der Waals surface area contributed by atoms with Gasteiger partial charge in [0.15, 0.2) is 0 Å². The van der Waals surface area contributed by atoms with Crippen molar-refractivity contribution < 1.29 is 27.8 Å². The summed E-state index contributed by atoms with van der Waals surface area (Å²) in [7, 11) is 0. The molecule has 0 unspecified atom stereocenters. The highest BCUT2D eigenvalue weighted by Gasteiger charge is 2.32. The molecule has 19 heavy (non-hydrogen) atoms. The molecule has 3 nitrogen and oxygen atoms in total. The lowest BCUT2D eigenvalue weighted by atomic mass is 9.92. The molecular formula is C13H15F3O3. The Hall–Kier alpha value is -1.56. The molecule has 0 aliphatic carbocycles. The molecule has 0 radical (unpaired) electrons. The van der Waals surface area contributed by atoms with Gasteiger partial charge in [0.25, 0.3) is 0 Å². The Morgan fingerprint density at radius 3 is 2.11 bits per heavy atom. The topological polar surface area (TPSA) is 46.5 Å². The van der Waals surface area contributed by atoms with E-state index in [1.54, 1.807) is 6.92 Å². The molecule has 0 spiro atoms. The largest absolute Gasteiger partial charge is 0.466 e. The predicted molar refractivity (Wildman–Crippen MR) is 62.3 cm³/mol. The van der Waals surface area contributed by atoms with Gasteiger partial charge in [0.2, 0.25) is 0 Å². The number of ether oxygens (including phenoxy) is 1. The zero-order chi connectivity index (χ0) is 14.7. The van der Waals surface area contributed by atoms with Crippen LogP contribution in [0.3, 0.4) is 0 Å². The molecule has 1 aromatic carbocycles. The molecule has 0 amide bonds. The fourth-order valence-electron chi connectivity index (χ4n) is 1.61.